The van der Waals surface area contributed by atoms with Gasteiger partial charge in [0.2, 0.25) is 10.0 Å². The highest BCUT2D eigenvalue weighted by atomic mass is 32.2. The molecular weight excluding hydrogens is 352 g/mol. The van der Waals surface area contributed by atoms with Crippen molar-refractivity contribution in [2.45, 2.75) is 12.8 Å². The lowest BCUT2D eigenvalue weighted by Gasteiger charge is -2.17. The summed E-state index contributed by atoms with van der Waals surface area (Å²) in [5.74, 6) is 0.512. The lowest BCUT2D eigenvalue weighted by Crippen LogP contribution is -2.31. The fraction of sp³-hybridized carbons (Fsp3) is 0.316. The van der Waals surface area contributed by atoms with Gasteiger partial charge in [-0.15, -0.1) is 0 Å². The Labute approximate surface area is 154 Å². The summed E-state index contributed by atoms with van der Waals surface area (Å²) in [5.41, 5.74) is 1.69. The van der Waals surface area contributed by atoms with Gasteiger partial charge in [-0.2, -0.15) is 0 Å². The van der Waals surface area contributed by atoms with Crippen LogP contribution in [-0.4, -0.2) is 40.8 Å². The van der Waals surface area contributed by atoms with Gasteiger partial charge in [0, 0.05) is 13.6 Å². The summed E-state index contributed by atoms with van der Waals surface area (Å²) in [6.07, 6.45) is 1.14. The molecule has 0 saturated heterocycles. The molecule has 2 rings (SSSR count). The average Bonchev–Trinajstić information content (AvgIpc) is 2.64. The van der Waals surface area contributed by atoms with Gasteiger partial charge in [-0.3, -0.25) is 9.10 Å². The maximum Gasteiger partial charge on any atom is 0.257 e. The summed E-state index contributed by atoms with van der Waals surface area (Å²) in [5, 5.41) is 2.85. The molecular formula is C19H24N2O4S. The van der Waals surface area contributed by atoms with Crippen molar-refractivity contribution in [2.24, 2.45) is 0 Å². The zero-order chi connectivity index (χ0) is 19.2. The van der Waals surface area contributed by atoms with Gasteiger partial charge in [0.05, 0.1) is 11.9 Å². The predicted octanol–water partition coefficient (Wildman–Crippen LogP) is 2.38. The zero-order valence-electron chi connectivity index (χ0n) is 15.2. The number of sulfonamides is 1. The van der Waals surface area contributed by atoms with E-state index in [0.717, 1.165) is 6.26 Å². The van der Waals surface area contributed by atoms with E-state index in [1.165, 1.54) is 16.9 Å². The van der Waals surface area contributed by atoms with Gasteiger partial charge < -0.3 is 10.1 Å². The minimum absolute atomic E-state index is 0.0945. The SMILES string of the molecule is C[C@H](CNC(=O)COc1ccc(N(C)S(C)(=O)=O)cc1)c1ccccc1. The number of benzene rings is 2. The fourth-order valence-corrected chi connectivity index (χ4v) is 2.81. The third-order valence-corrected chi connectivity index (χ3v) is 5.25. The van der Waals surface area contributed by atoms with Gasteiger partial charge in [0.1, 0.15) is 5.75 Å². The molecule has 1 N–H and O–H groups in total. The number of amides is 1. The van der Waals surface area contributed by atoms with E-state index in [1.54, 1.807) is 24.3 Å². The first-order valence-electron chi connectivity index (χ1n) is 8.26. The minimum Gasteiger partial charge on any atom is -0.484 e. The Kier molecular flexibility index (Phi) is 6.63. The van der Waals surface area contributed by atoms with Crippen LogP contribution in [0.25, 0.3) is 0 Å². The molecule has 0 heterocycles. The van der Waals surface area contributed by atoms with Crippen molar-refractivity contribution in [1.82, 2.24) is 5.32 Å². The second-order valence-corrected chi connectivity index (χ2v) is 8.14. The minimum atomic E-state index is -3.30. The van der Waals surface area contributed by atoms with E-state index in [1.807, 2.05) is 37.3 Å². The molecule has 0 saturated carbocycles. The normalized spacial score (nSPS) is 12.3. The van der Waals surface area contributed by atoms with E-state index in [-0.39, 0.29) is 18.4 Å². The van der Waals surface area contributed by atoms with Gasteiger partial charge >= 0.3 is 0 Å². The van der Waals surface area contributed by atoms with Gasteiger partial charge in [-0.1, -0.05) is 37.3 Å². The highest BCUT2D eigenvalue weighted by molar-refractivity contribution is 7.92. The molecule has 7 heteroatoms. The Balaban J connectivity index is 1.80. The number of carbonyl (C=O) groups is 1. The summed E-state index contributed by atoms with van der Waals surface area (Å²) < 4.78 is 29.6. The Morgan fingerprint density at radius 3 is 2.31 bits per heavy atom. The molecule has 2 aromatic carbocycles. The Bertz CT molecular complexity index is 820. The van der Waals surface area contributed by atoms with Crippen molar-refractivity contribution in [3.63, 3.8) is 0 Å². The van der Waals surface area contributed by atoms with Crippen LogP contribution in [0, 0.1) is 0 Å². The molecule has 0 aliphatic heterocycles. The summed E-state index contributed by atoms with van der Waals surface area (Å²) >= 11 is 0. The number of anilines is 1. The molecule has 0 bridgehead atoms. The first kappa shape index (κ1) is 19.8. The van der Waals surface area contributed by atoms with Crippen LogP contribution < -0.4 is 14.4 Å². The number of nitrogens with one attached hydrogen (secondary N) is 1. The monoisotopic (exact) mass is 376 g/mol. The van der Waals surface area contributed by atoms with Gasteiger partial charge in [0.15, 0.2) is 6.61 Å². The van der Waals surface area contributed by atoms with Crippen LogP contribution in [0.5, 0.6) is 5.75 Å². The van der Waals surface area contributed by atoms with Crippen LogP contribution in [0.4, 0.5) is 5.69 Å². The fourth-order valence-electron chi connectivity index (χ4n) is 2.31. The highest BCUT2D eigenvalue weighted by Gasteiger charge is 2.12. The van der Waals surface area contributed by atoms with Crippen molar-refractivity contribution >= 4 is 21.6 Å². The predicted molar refractivity (Wildman–Crippen MR) is 103 cm³/mol. The van der Waals surface area contributed by atoms with E-state index < -0.39 is 10.0 Å². The van der Waals surface area contributed by atoms with E-state index in [0.29, 0.717) is 18.0 Å². The van der Waals surface area contributed by atoms with Crippen molar-refractivity contribution < 1.29 is 17.9 Å². The van der Waals surface area contributed by atoms with Crippen LogP contribution in [-0.2, 0) is 14.8 Å². The first-order valence-corrected chi connectivity index (χ1v) is 10.1. The smallest absolute Gasteiger partial charge is 0.257 e. The molecule has 0 aliphatic carbocycles. The third kappa shape index (κ3) is 5.77. The molecule has 0 spiro atoms. The quantitative estimate of drug-likeness (QED) is 0.767. The molecule has 2 aromatic rings. The number of nitrogens with zero attached hydrogens (tertiary/aromatic N) is 1. The lowest BCUT2D eigenvalue weighted by molar-refractivity contribution is -0.123. The average molecular weight is 376 g/mol. The maximum atomic E-state index is 11.9. The number of carbonyl (C=O) groups excluding carboxylic acids is 1. The van der Waals surface area contributed by atoms with Crippen LogP contribution >= 0.6 is 0 Å². The van der Waals surface area contributed by atoms with Gasteiger partial charge in [-0.25, -0.2) is 8.42 Å². The Morgan fingerprint density at radius 1 is 1.12 bits per heavy atom. The first-order chi connectivity index (χ1) is 12.3. The summed E-state index contributed by atoms with van der Waals surface area (Å²) in [6.45, 7) is 2.49. The molecule has 26 heavy (non-hydrogen) atoms. The lowest BCUT2D eigenvalue weighted by atomic mass is 10.0. The molecule has 0 radical (unpaired) electrons. The summed E-state index contributed by atoms with van der Waals surface area (Å²) in [4.78, 5) is 11.9. The third-order valence-electron chi connectivity index (χ3n) is 4.04. The Hall–Kier alpha value is -2.54. The second-order valence-electron chi connectivity index (χ2n) is 6.13. The van der Waals surface area contributed by atoms with Crippen LogP contribution in [0.15, 0.2) is 54.6 Å². The van der Waals surface area contributed by atoms with E-state index in [4.69, 9.17) is 4.74 Å². The Morgan fingerprint density at radius 2 is 1.73 bits per heavy atom. The number of ether oxygens (including phenoxy) is 1. The van der Waals surface area contributed by atoms with Crippen molar-refractivity contribution in [1.29, 1.82) is 0 Å². The van der Waals surface area contributed by atoms with Crippen LogP contribution in [0.3, 0.4) is 0 Å². The molecule has 140 valence electrons. The number of hydrogen-bond acceptors (Lipinski definition) is 4. The summed E-state index contributed by atoms with van der Waals surface area (Å²) in [6, 6.07) is 16.5. The van der Waals surface area contributed by atoms with Crippen molar-refractivity contribution in [3.8, 4) is 5.75 Å². The maximum absolute atomic E-state index is 11.9. The van der Waals surface area contributed by atoms with E-state index >= 15 is 0 Å². The van der Waals surface area contributed by atoms with Gasteiger partial charge in [0.25, 0.3) is 5.91 Å². The van der Waals surface area contributed by atoms with Crippen molar-refractivity contribution in [3.05, 3.63) is 60.2 Å². The largest absolute Gasteiger partial charge is 0.484 e. The van der Waals surface area contributed by atoms with Gasteiger partial charge in [-0.05, 0) is 35.7 Å². The molecule has 0 fully saturated rings. The molecule has 0 unspecified atom stereocenters. The standard InChI is InChI=1S/C19H24N2O4S/c1-15(16-7-5-4-6-8-16)13-20-19(22)14-25-18-11-9-17(10-12-18)21(2)26(3,23)24/h4-12,15H,13-14H2,1-3H3,(H,20,22)/t15-/m1/s1. The topological polar surface area (TPSA) is 75.7 Å². The van der Waals surface area contributed by atoms with Crippen molar-refractivity contribution in [2.75, 3.05) is 30.8 Å². The highest BCUT2D eigenvalue weighted by Crippen LogP contribution is 2.20. The molecule has 1 amide bonds. The van der Waals surface area contributed by atoms with E-state index in [2.05, 4.69) is 5.32 Å². The van der Waals surface area contributed by atoms with Crippen LogP contribution in [0.2, 0.25) is 0 Å². The number of rotatable bonds is 8. The number of hydrogen-bond donors (Lipinski definition) is 1. The molecule has 6 nitrogen and oxygen atoms in total. The second kappa shape index (κ2) is 8.71. The summed E-state index contributed by atoms with van der Waals surface area (Å²) in [7, 11) is -1.83. The van der Waals surface area contributed by atoms with Crippen LogP contribution in [0.1, 0.15) is 18.4 Å². The zero-order valence-corrected chi connectivity index (χ0v) is 16.0. The van der Waals surface area contributed by atoms with E-state index in [9.17, 15) is 13.2 Å². The molecule has 0 aliphatic rings. The molecule has 1 atom stereocenters. The molecule has 0 aromatic heterocycles.